The molecule has 0 radical (unpaired) electrons. The molecule has 1 aliphatic heterocycles. The highest BCUT2D eigenvalue weighted by Gasteiger charge is 2.28. The molecular formula is C16H22N2O4S. The standard InChI is InChI=1S/C16H22N2O4S/c1-11-5-6-14(23-11)16(22)17-8-3-4-13(7-9-17)18(12(2)19)10-15(20)21/h5-6,13H,3-4,7-10H2,1-2H3,(H,20,21)/t13-/m1/s1. The van der Waals surface area contributed by atoms with Gasteiger partial charge < -0.3 is 14.9 Å². The molecule has 1 saturated heterocycles. The number of amides is 2. The highest BCUT2D eigenvalue weighted by atomic mass is 32.1. The van der Waals surface area contributed by atoms with Gasteiger partial charge in [0.25, 0.3) is 5.91 Å². The summed E-state index contributed by atoms with van der Waals surface area (Å²) in [7, 11) is 0. The maximum absolute atomic E-state index is 12.5. The van der Waals surface area contributed by atoms with Gasteiger partial charge in [-0.3, -0.25) is 14.4 Å². The van der Waals surface area contributed by atoms with E-state index in [0.29, 0.717) is 19.5 Å². The number of carbonyl (C=O) groups is 3. The fourth-order valence-electron chi connectivity index (χ4n) is 2.94. The monoisotopic (exact) mass is 338 g/mol. The molecule has 0 unspecified atom stereocenters. The number of likely N-dealkylation sites (tertiary alicyclic amines) is 1. The Balaban J connectivity index is 2.02. The second kappa shape index (κ2) is 7.59. The molecule has 126 valence electrons. The van der Waals surface area contributed by atoms with Crippen molar-refractivity contribution in [2.45, 2.75) is 39.2 Å². The van der Waals surface area contributed by atoms with Crippen molar-refractivity contribution in [1.82, 2.24) is 9.80 Å². The molecule has 0 aromatic carbocycles. The van der Waals surface area contributed by atoms with Crippen LogP contribution in [-0.4, -0.2) is 58.4 Å². The molecule has 7 heteroatoms. The zero-order chi connectivity index (χ0) is 17.0. The normalized spacial score (nSPS) is 18.3. The second-order valence-corrected chi connectivity index (χ2v) is 7.12. The molecule has 2 heterocycles. The van der Waals surface area contributed by atoms with E-state index in [0.717, 1.165) is 22.6 Å². The number of nitrogens with zero attached hydrogens (tertiary/aromatic N) is 2. The summed E-state index contributed by atoms with van der Waals surface area (Å²) in [4.78, 5) is 40.2. The van der Waals surface area contributed by atoms with Crippen LogP contribution in [0, 0.1) is 6.92 Å². The Hall–Kier alpha value is -1.89. The van der Waals surface area contributed by atoms with Crippen LogP contribution in [-0.2, 0) is 9.59 Å². The van der Waals surface area contributed by atoms with Crippen molar-refractivity contribution in [3.63, 3.8) is 0 Å². The summed E-state index contributed by atoms with van der Waals surface area (Å²) in [5.74, 6) is -1.21. The van der Waals surface area contributed by atoms with Crippen molar-refractivity contribution >= 4 is 29.1 Å². The van der Waals surface area contributed by atoms with Crippen LogP contribution in [0.15, 0.2) is 12.1 Å². The van der Waals surface area contributed by atoms with Crippen molar-refractivity contribution in [3.05, 3.63) is 21.9 Å². The lowest BCUT2D eigenvalue weighted by atomic mass is 10.1. The van der Waals surface area contributed by atoms with E-state index in [1.54, 1.807) is 0 Å². The first-order chi connectivity index (χ1) is 10.9. The van der Waals surface area contributed by atoms with Crippen molar-refractivity contribution in [3.8, 4) is 0 Å². The summed E-state index contributed by atoms with van der Waals surface area (Å²) >= 11 is 1.48. The summed E-state index contributed by atoms with van der Waals surface area (Å²) in [5, 5.41) is 8.97. The predicted molar refractivity (Wildman–Crippen MR) is 87.6 cm³/mol. The minimum Gasteiger partial charge on any atom is -0.480 e. The number of aliphatic carboxylic acids is 1. The summed E-state index contributed by atoms with van der Waals surface area (Å²) < 4.78 is 0. The second-order valence-electron chi connectivity index (χ2n) is 5.83. The van der Waals surface area contributed by atoms with Crippen LogP contribution in [0.1, 0.15) is 40.7 Å². The summed E-state index contributed by atoms with van der Waals surface area (Å²) in [6.07, 6.45) is 2.10. The number of thiophene rings is 1. The first kappa shape index (κ1) is 17.5. The SMILES string of the molecule is CC(=O)N(CC(=O)O)[C@@H]1CCCN(C(=O)c2ccc(C)s2)CC1. The summed E-state index contributed by atoms with van der Waals surface area (Å²) in [6, 6.07) is 3.66. The average molecular weight is 338 g/mol. The number of hydrogen-bond acceptors (Lipinski definition) is 4. The minimum atomic E-state index is -1.01. The van der Waals surface area contributed by atoms with Gasteiger partial charge in [0.15, 0.2) is 0 Å². The van der Waals surface area contributed by atoms with Gasteiger partial charge in [-0.15, -0.1) is 11.3 Å². The van der Waals surface area contributed by atoms with Gasteiger partial charge >= 0.3 is 5.97 Å². The van der Waals surface area contributed by atoms with E-state index in [1.807, 2.05) is 24.0 Å². The molecule has 0 bridgehead atoms. The van der Waals surface area contributed by atoms with E-state index >= 15 is 0 Å². The molecule has 23 heavy (non-hydrogen) atoms. The van der Waals surface area contributed by atoms with Crippen LogP contribution in [0.2, 0.25) is 0 Å². The Labute approximate surface area is 139 Å². The van der Waals surface area contributed by atoms with E-state index in [9.17, 15) is 14.4 Å². The largest absolute Gasteiger partial charge is 0.480 e. The highest BCUT2D eigenvalue weighted by Crippen LogP contribution is 2.22. The van der Waals surface area contributed by atoms with Crippen LogP contribution in [0.4, 0.5) is 0 Å². The van der Waals surface area contributed by atoms with E-state index in [-0.39, 0.29) is 24.4 Å². The zero-order valence-corrected chi connectivity index (χ0v) is 14.3. The molecule has 1 aromatic rings. The van der Waals surface area contributed by atoms with Gasteiger partial charge in [-0.2, -0.15) is 0 Å². The van der Waals surface area contributed by atoms with Crippen molar-refractivity contribution < 1.29 is 19.5 Å². The average Bonchev–Trinajstić information content (AvgIpc) is 2.78. The molecule has 1 aromatic heterocycles. The maximum atomic E-state index is 12.5. The zero-order valence-electron chi connectivity index (χ0n) is 13.4. The van der Waals surface area contributed by atoms with Gasteiger partial charge in [0.05, 0.1) is 4.88 Å². The Morgan fingerprint density at radius 2 is 2.04 bits per heavy atom. The van der Waals surface area contributed by atoms with Crippen molar-refractivity contribution in [2.24, 2.45) is 0 Å². The predicted octanol–water partition coefficient (Wildman–Crippen LogP) is 1.98. The third kappa shape index (κ3) is 4.54. The quantitative estimate of drug-likeness (QED) is 0.911. The summed E-state index contributed by atoms with van der Waals surface area (Å²) in [6.45, 7) is 4.27. The fourth-order valence-corrected chi connectivity index (χ4v) is 3.78. The third-order valence-electron chi connectivity index (χ3n) is 4.09. The molecule has 1 N–H and O–H groups in total. The number of carbonyl (C=O) groups excluding carboxylic acids is 2. The fraction of sp³-hybridized carbons (Fsp3) is 0.562. The minimum absolute atomic E-state index is 0.0244. The number of hydrogen-bond donors (Lipinski definition) is 1. The Kier molecular flexibility index (Phi) is 5.76. The lowest BCUT2D eigenvalue weighted by molar-refractivity contribution is -0.145. The smallest absolute Gasteiger partial charge is 0.323 e. The van der Waals surface area contributed by atoms with E-state index in [4.69, 9.17) is 5.11 Å². The molecular weight excluding hydrogens is 316 g/mol. The first-order valence-electron chi connectivity index (χ1n) is 7.73. The number of carboxylic acids is 1. The molecule has 6 nitrogen and oxygen atoms in total. The lowest BCUT2D eigenvalue weighted by Crippen LogP contribution is -2.43. The molecule has 2 amide bonds. The van der Waals surface area contributed by atoms with E-state index < -0.39 is 5.97 Å². The van der Waals surface area contributed by atoms with Gasteiger partial charge in [-0.25, -0.2) is 0 Å². The van der Waals surface area contributed by atoms with Crippen LogP contribution in [0.3, 0.4) is 0 Å². The summed E-state index contributed by atoms with van der Waals surface area (Å²) in [5.41, 5.74) is 0. The molecule has 2 rings (SSSR count). The maximum Gasteiger partial charge on any atom is 0.323 e. The van der Waals surface area contributed by atoms with Crippen LogP contribution >= 0.6 is 11.3 Å². The van der Waals surface area contributed by atoms with Crippen LogP contribution in [0.5, 0.6) is 0 Å². The Bertz CT molecular complexity index is 599. The number of aryl methyl sites for hydroxylation is 1. The first-order valence-corrected chi connectivity index (χ1v) is 8.55. The molecule has 0 saturated carbocycles. The van der Waals surface area contributed by atoms with E-state index in [2.05, 4.69) is 0 Å². The Morgan fingerprint density at radius 3 is 2.61 bits per heavy atom. The molecule has 0 aliphatic carbocycles. The molecule has 1 aliphatic rings. The molecule has 1 atom stereocenters. The van der Waals surface area contributed by atoms with Crippen molar-refractivity contribution in [2.75, 3.05) is 19.6 Å². The highest BCUT2D eigenvalue weighted by molar-refractivity contribution is 7.13. The lowest BCUT2D eigenvalue weighted by Gasteiger charge is -2.28. The van der Waals surface area contributed by atoms with Crippen molar-refractivity contribution in [1.29, 1.82) is 0 Å². The number of carboxylic acid groups (broad SMARTS) is 1. The Morgan fingerprint density at radius 1 is 1.30 bits per heavy atom. The van der Waals surface area contributed by atoms with Gasteiger partial charge in [0, 0.05) is 30.9 Å². The van der Waals surface area contributed by atoms with E-state index in [1.165, 1.54) is 23.2 Å². The van der Waals surface area contributed by atoms with Gasteiger partial charge in [-0.05, 0) is 38.3 Å². The topological polar surface area (TPSA) is 77.9 Å². The molecule has 0 spiro atoms. The third-order valence-corrected chi connectivity index (χ3v) is 5.08. The molecule has 1 fully saturated rings. The van der Waals surface area contributed by atoms with Crippen LogP contribution < -0.4 is 0 Å². The number of rotatable bonds is 4. The van der Waals surface area contributed by atoms with Crippen LogP contribution in [0.25, 0.3) is 0 Å². The van der Waals surface area contributed by atoms with Gasteiger partial charge in [-0.1, -0.05) is 0 Å². The van der Waals surface area contributed by atoms with Gasteiger partial charge in [0.1, 0.15) is 6.54 Å². The van der Waals surface area contributed by atoms with Gasteiger partial charge in [0.2, 0.25) is 5.91 Å².